The van der Waals surface area contributed by atoms with Crippen molar-refractivity contribution in [2.24, 2.45) is 0 Å². The number of benzene rings is 1. The first-order valence-corrected chi connectivity index (χ1v) is 11.3. The van der Waals surface area contributed by atoms with Crippen LogP contribution in [0.4, 0.5) is 22.5 Å². The lowest BCUT2D eigenvalue weighted by Gasteiger charge is -2.27. The Morgan fingerprint density at radius 2 is 1.81 bits per heavy atom. The van der Waals surface area contributed by atoms with E-state index in [-0.39, 0.29) is 5.91 Å². The van der Waals surface area contributed by atoms with Crippen LogP contribution in [0.5, 0.6) is 0 Å². The van der Waals surface area contributed by atoms with E-state index < -0.39 is 0 Å². The van der Waals surface area contributed by atoms with E-state index in [0.29, 0.717) is 29.6 Å². The molecule has 8 nitrogen and oxygen atoms in total. The van der Waals surface area contributed by atoms with Crippen LogP contribution in [0.25, 0.3) is 10.3 Å². The number of rotatable bonds is 5. The largest absolute Gasteiger partial charge is 0.340 e. The van der Waals surface area contributed by atoms with Gasteiger partial charge >= 0.3 is 0 Å². The molecule has 1 aliphatic rings. The molecule has 162 valence electrons. The molecule has 0 atom stereocenters. The number of nitrogens with one attached hydrogen (secondary N) is 3. The first-order valence-electron chi connectivity index (χ1n) is 10.5. The molecule has 0 spiro atoms. The van der Waals surface area contributed by atoms with Crippen molar-refractivity contribution >= 4 is 50.0 Å². The van der Waals surface area contributed by atoms with E-state index in [1.165, 1.54) is 16.9 Å². The molecule has 9 heteroatoms. The number of anilines is 4. The van der Waals surface area contributed by atoms with Crippen LogP contribution < -0.4 is 16.0 Å². The Morgan fingerprint density at radius 1 is 1.00 bits per heavy atom. The first-order chi connectivity index (χ1) is 15.6. The lowest BCUT2D eigenvalue weighted by Crippen LogP contribution is -2.46. The topological polar surface area (TPSA) is 95.1 Å². The number of pyridine rings is 2. The number of thiazole rings is 1. The summed E-state index contributed by atoms with van der Waals surface area (Å²) in [5.41, 5.74) is 3.62. The quantitative estimate of drug-likeness (QED) is 0.428. The fourth-order valence-electron chi connectivity index (χ4n) is 3.52. The van der Waals surface area contributed by atoms with Crippen LogP contribution in [0, 0.1) is 6.92 Å². The van der Waals surface area contributed by atoms with Crippen molar-refractivity contribution in [2.45, 2.75) is 6.92 Å². The average Bonchev–Trinajstić information content (AvgIpc) is 3.22. The van der Waals surface area contributed by atoms with Gasteiger partial charge in [0, 0.05) is 43.6 Å². The molecule has 5 rings (SSSR count). The molecular formula is C23H23N7OS. The van der Waals surface area contributed by atoms with Gasteiger partial charge in [-0.25, -0.2) is 15.0 Å². The molecule has 1 aliphatic heterocycles. The zero-order valence-corrected chi connectivity index (χ0v) is 18.4. The minimum absolute atomic E-state index is 0.0229. The van der Waals surface area contributed by atoms with Crippen LogP contribution in [-0.2, 0) is 0 Å². The van der Waals surface area contributed by atoms with Crippen molar-refractivity contribution in [3.63, 3.8) is 0 Å². The van der Waals surface area contributed by atoms with Gasteiger partial charge in [-0.1, -0.05) is 29.0 Å². The molecular weight excluding hydrogens is 422 g/mol. The third-order valence-corrected chi connectivity index (χ3v) is 6.11. The van der Waals surface area contributed by atoms with E-state index in [4.69, 9.17) is 0 Å². The lowest BCUT2D eigenvalue weighted by atomic mass is 10.2. The number of piperazine rings is 1. The molecule has 0 radical (unpaired) electrons. The Bertz CT molecular complexity index is 1250. The van der Waals surface area contributed by atoms with Crippen molar-refractivity contribution in [1.29, 1.82) is 0 Å². The molecule has 0 bridgehead atoms. The fourth-order valence-corrected chi connectivity index (χ4v) is 4.36. The predicted octanol–water partition coefficient (Wildman–Crippen LogP) is 3.93. The summed E-state index contributed by atoms with van der Waals surface area (Å²) in [5, 5.41) is 10.5. The van der Waals surface area contributed by atoms with Gasteiger partial charge in [-0.05, 0) is 43.3 Å². The maximum Gasteiger partial charge on any atom is 0.254 e. The number of nitrogens with zero attached hydrogens (tertiary/aromatic N) is 4. The second-order valence-corrected chi connectivity index (χ2v) is 8.61. The predicted molar refractivity (Wildman–Crippen MR) is 128 cm³/mol. The number of hydrogen-bond acceptors (Lipinski definition) is 8. The summed E-state index contributed by atoms with van der Waals surface area (Å²) in [5.74, 6) is 1.37. The molecule has 1 amide bonds. The molecule has 4 heterocycles. The normalized spacial score (nSPS) is 13.8. The van der Waals surface area contributed by atoms with E-state index in [1.54, 1.807) is 18.3 Å². The molecule has 0 saturated carbocycles. The summed E-state index contributed by atoms with van der Waals surface area (Å²) in [7, 11) is 0. The van der Waals surface area contributed by atoms with E-state index in [2.05, 4.69) is 50.0 Å². The van der Waals surface area contributed by atoms with Gasteiger partial charge in [0.2, 0.25) is 0 Å². The molecule has 4 aromatic rings. The highest BCUT2D eigenvalue weighted by atomic mass is 32.1. The van der Waals surface area contributed by atoms with Gasteiger partial charge in [-0.2, -0.15) is 0 Å². The molecule has 1 saturated heterocycles. The van der Waals surface area contributed by atoms with Crippen LogP contribution in [0.15, 0.2) is 54.7 Å². The number of aryl methyl sites for hydroxylation is 1. The van der Waals surface area contributed by atoms with Crippen LogP contribution in [0.2, 0.25) is 0 Å². The Hall–Kier alpha value is -3.56. The van der Waals surface area contributed by atoms with Gasteiger partial charge < -0.3 is 20.9 Å². The summed E-state index contributed by atoms with van der Waals surface area (Å²) < 4.78 is 0. The summed E-state index contributed by atoms with van der Waals surface area (Å²) >= 11 is 1.44. The van der Waals surface area contributed by atoms with Crippen LogP contribution in [0.3, 0.4) is 0 Å². The standard InChI is InChI=1S/C23H23N7OS/c1-15-2-4-17(5-3-15)26-19-7-6-18-21(28-19)32-23(27-18)29-20-14-16(8-9-25-20)22(31)30-12-10-24-11-13-30/h2-9,14,24H,10-13H2,1H3,(H,26,28)(H,25,27,29). The zero-order chi connectivity index (χ0) is 21.9. The maximum absolute atomic E-state index is 12.8. The highest BCUT2D eigenvalue weighted by Crippen LogP contribution is 2.28. The average molecular weight is 446 g/mol. The highest BCUT2D eigenvalue weighted by molar-refractivity contribution is 7.21. The molecule has 0 aliphatic carbocycles. The second kappa shape index (κ2) is 8.89. The first kappa shape index (κ1) is 20.3. The third-order valence-electron chi connectivity index (χ3n) is 5.23. The minimum Gasteiger partial charge on any atom is -0.340 e. The second-order valence-electron chi connectivity index (χ2n) is 7.63. The van der Waals surface area contributed by atoms with Gasteiger partial charge in [-0.3, -0.25) is 4.79 Å². The summed E-state index contributed by atoms with van der Waals surface area (Å²) in [6, 6.07) is 15.6. The smallest absolute Gasteiger partial charge is 0.254 e. The van der Waals surface area contributed by atoms with Crippen molar-refractivity contribution in [3.05, 3.63) is 65.9 Å². The Balaban J connectivity index is 1.32. The van der Waals surface area contributed by atoms with Gasteiger partial charge in [0.25, 0.3) is 5.91 Å². The van der Waals surface area contributed by atoms with Crippen LogP contribution >= 0.6 is 11.3 Å². The number of amides is 1. The number of fused-ring (bicyclic) bond motifs is 1. The van der Waals surface area contributed by atoms with Gasteiger partial charge in [0.05, 0.1) is 0 Å². The van der Waals surface area contributed by atoms with Gasteiger partial charge in [-0.15, -0.1) is 0 Å². The van der Waals surface area contributed by atoms with E-state index >= 15 is 0 Å². The van der Waals surface area contributed by atoms with Crippen molar-refractivity contribution in [2.75, 3.05) is 36.8 Å². The third kappa shape index (κ3) is 4.53. The number of aromatic nitrogens is 3. The summed E-state index contributed by atoms with van der Waals surface area (Å²) in [6.45, 7) is 5.13. The maximum atomic E-state index is 12.8. The number of carbonyl (C=O) groups is 1. The molecule has 3 N–H and O–H groups in total. The van der Waals surface area contributed by atoms with E-state index in [1.807, 2.05) is 29.2 Å². The Kier molecular flexibility index (Phi) is 5.66. The van der Waals surface area contributed by atoms with E-state index in [0.717, 1.165) is 34.9 Å². The molecule has 3 aromatic heterocycles. The van der Waals surface area contributed by atoms with E-state index in [9.17, 15) is 4.79 Å². The van der Waals surface area contributed by atoms with Crippen LogP contribution in [0.1, 0.15) is 15.9 Å². The monoisotopic (exact) mass is 445 g/mol. The zero-order valence-electron chi connectivity index (χ0n) is 17.6. The number of carbonyl (C=O) groups excluding carboxylic acids is 1. The van der Waals surface area contributed by atoms with Crippen molar-refractivity contribution < 1.29 is 4.79 Å². The summed E-state index contributed by atoms with van der Waals surface area (Å²) in [4.78, 5) is 29.1. The molecule has 1 aromatic carbocycles. The van der Waals surface area contributed by atoms with Crippen molar-refractivity contribution in [3.8, 4) is 0 Å². The molecule has 0 unspecified atom stereocenters. The van der Waals surface area contributed by atoms with Crippen LogP contribution in [-0.4, -0.2) is 51.9 Å². The molecule has 1 fully saturated rings. The minimum atomic E-state index is 0.0229. The Labute approximate surface area is 189 Å². The van der Waals surface area contributed by atoms with Gasteiger partial charge in [0.15, 0.2) is 5.13 Å². The number of hydrogen-bond donors (Lipinski definition) is 3. The molecule has 32 heavy (non-hydrogen) atoms. The van der Waals surface area contributed by atoms with Gasteiger partial charge in [0.1, 0.15) is 22.0 Å². The lowest BCUT2D eigenvalue weighted by molar-refractivity contribution is 0.0735. The Morgan fingerprint density at radius 3 is 2.62 bits per heavy atom. The summed E-state index contributed by atoms with van der Waals surface area (Å²) in [6.07, 6.45) is 1.65. The SMILES string of the molecule is Cc1ccc(Nc2ccc3nc(Nc4cc(C(=O)N5CCNCC5)ccn4)sc3n2)cc1. The fraction of sp³-hybridized carbons (Fsp3) is 0.217. The van der Waals surface area contributed by atoms with Crippen molar-refractivity contribution in [1.82, 2.24) is 25.2 Å². The highest BCUT2D eigenvalue weighted by Gasteiger charge is 2.18.